The fourth-order valence-electron chi connectivity index (χ4n) is 3.58. The van der Waals surface area contributed by atoms with E-state index in [0.29, 0.717) is 17.5 Å². The van der Waals surface area contributed by atoms with E-state index >= 15 is 0 Å². The van der Waals surface area contributed by atoms with Gasteiger partial charge >= 0.3 is 0 Å². The molecule has 0 radical (unpaired) electrons. The second-order valence-corrected chi connectivity index (χ2v) is 6.09. The van der Waals surface area contributed by atoms with E-state index in [1.54, 1.807) is 0 Å². The fraction of sp³-hybridized carbons (Fsp3) is 0.600. The summed E-state index contributed by atoms with van der Waals surface area (Å²) in [5.74, 6) is 0. The molecule has 2 aliphatic rings. The number of fused-ring (bicyclic) bond motifs is 1. The lowest BCUT2D eigenvalue weighted by Crippen LogP contribution is -2.53. The summed E-state index contributed by atoms with van der Waals surface area (Å²) in [5, 5.41) is 3.71. The molecule has 2 aliphatic heterocycles. The molecule has 0 aromatic heterocycles. The minimum Gasteiger partial charge on any atom is -0.366 e. The highest BCUT2D eigenvalue weighted by atomic mass is 15.2. The standard InChI is InChI=1S/C15H22N2/c1-15(2)11-16-13-9-6-10-17(14(13)15)12-7-4-3-5-8-12/h3-5,7-8,13-14,16H,6,9-11H2,1-2H3. The Hall–Kier alpha value is -1.02. The van der Waals surface area contributed by atoms with Gasteiger partial charge in [-0.25, -0.2) is 0 Å². The van der Waals surface area contributed by atoms with Gasteiger partial charge in [0.05, 0.1) is 6.04 Å². The van der Waals surface area contributed by atoms with Crippen molar-refractivity contribution in [1.82, 2.24) is 5.32 Å². The molecule has 3 rings (SSSR count). The van der Waals surface area contributed by atoms with Crippen LogP contribution in [-0.4, -0.2) is 25.2 Å². The molecular formula is C15H22N2. The van der Waals surface area contributed by atoms with Crippen LogP contribution in [-0.2, 0) is 0 Å². The Labute approximate surface area is 104 Å². The average molecular weight is 230 g/mol. The van der Waals surface area contributed by atoms with Gasteiger partial charge in [-0.05, 0) is 30.4 Å². The lowest BCUT2D eigenvalue weighted by Gasteiger charge is -2.44. The normalized spacial score (nSPS) is 31.3. The Morgan fingerprint density at radius 3 is 2.76 bits per heavy atom. The first-order chi connectivity index (χ1) is 8.18. The second-order valence-electron chi connectivity index (χ2n) is 6.09. The molecule has 0 saturated carbocycles. The predicted molar refractivity (Wildman–Crippen MR) is 72.4 cm³/mol. The van der Waals surface area contributed by atoms with Crippen LogP contribution in [0.5, 0.6) is 0 Å². The Morgan fingerprint density at radius 1 is 1.24 bits per heavy atom. The number of hydrogen-bond acceptors (Lipinski definition) is 2. The van der Waals surface area contributed by atoms with Crippen molar-refractivity contribution in [2.45, 2.75) is 38.8 Å². The molecule has 1 aromatic carbocycles. The fourth-order valence-corrected chi connectivity index (χ4v) is 3.58. The van der Waals surface area contributed by atoms with Crippen LogP contribution in [0.25, 0.3) is 0 Å². The van der Waals surface area contributed by atoms with E-state index in [4.69, 9.17) is 0 Å². The average Bonchev–Trinajstić information content (AvgIpc) is 2.67. The molecule has 0 amide bonds. The molecule has 1 N–H and O–H groups in total. The molecule has 2 atom stereocenters. The van der Waals surface area contributed by atoms with E-state index in [1.807, 2.05) is 0 Å². The minimum atomic E-state index is 0.376. The van der Waals surface area contributed by atoms with Crippen molar-refractivity contribution in [2.75, 3.05) is 18.0 Å². The van der Waals surface area contributed by atoms with Gasteiger partial charge < -0.3 is 10.2 Å². The molecule has 0 aliphatic carbocycles. The number of piperidine rings is 1. The third-order valence-corrected chi connectivity index (χ3v) is 4.34. The SMILES string of the molecule is CC1(C)CNC2CCCN(c3ccccc3)C21. The summed E-state index contributed by atoms with van der Waals surface area (Å²) in [6.07, 6.45) is 2.64. The zero-order valence-corrected chi connectivity index (χ0v) is 10.8. The highest BCUT2D eigenvalue weighted by molar-refractivity contribution is 5.49. The van der Waals surface area contributed by atoms with Gasteiger partial charge in [0.2, 0.25) is 0 Å². The molecule has 17 heavy (non-hydrogen) atoms. The van der Waals surface area contributed by atoms with E-state index in [2.05, 4.69) is 54.4 Å². The number of para-hydroxylation sites is 1. The van der Waals surface area contributed by atoms with Crippen LogP contribution in [0.2, 0.25) is 0 Å². The topological polar surface area (TPSA) is 15.3 Å². The van der Waals surface area contributed by atoms with Gasteiger partial charge in [0, 0.05) is 24.8 Å². The van der Waals surface area contributed by atoms with E-state index in [1.165, 1.54) is 25.1 Å². The number of nitrogens with one attached hydrogen (secondary N) is 1. The van der Waals surface area contributed by atoms with Crippen LogP contribution in [0.1, 0.15) is 26.7 Å². The maximum atomic E-state index is 3.71. The number of rotatable bonds is 1. The largest absolute Gasteiger partial charge is 0.366 e. The Morgan fingerprint density at radius 2 is 2.00 bits per heavy atom. The van der Waals surface area contributed by atoms with Crippen molar-refractivity contribution in [3.63, 3.8) is 0 Å². The summed E-state index contributed by atoms with van der Waals surface area (Å²) in [5.41, 5.74) is 1.76. The van der Waals surface area contributed by atoms with Gasteiger partial charge in [-0.3, -0.25) is 0 Å². The summed E-state index contributed by atoms with van der Waals surface area (Å²) in [7, 11) is 0. The van der Waals surface area contributed by atoms with Crippen molar-refractivity contribution in [3.8, 4) is 0 Å². The van der Waals surface area contributed by atoms with Crippen molar-refractivity contribution >= 4 is 5.69 Å². The maximum absolute atomic E-state index is 3.71. The molecule has 0 bridgehead atoms. The molecule has 2 heterocycles. The Kier molecular flexibility index (Phi) is 2.62. The van der Waals surface area contributed by atoms with Gasteiger partial charge in [0.1, 0.15) is 0 Å². The third kappa shape index (κ3) is 1.85. The van der Waals surface area contributed by atoms with Crippen LogP contribution in [0, 0.1) is 5.41 Å². The van der Waals surface area contributed by atoms with Gasteiger partial charge in [-0.1, -0.05) is 32.0 Å². The first-order valence-corrected chi connectivity index (χ1v) is 6.73. The lowest BCUT2D eigenvalue weighted by molar-refractivity contribution is 0.291. The number of nitrogens with zero attached hydrogens (tertiary/aromatic N) is 1. The first kappa shape index (κ1) is 11.1. The minimum absolute atomic E-state index is 0.376. The van der Waals surface area contributed by atoms with Crippen LogP contribution in [0.3, 0.4) is 0 Å². The van der Waals surface area contributed by atoms with Crippen LogP contribution in [0.15, 0.2) is 30.3 Å². The van der Waals surface area contributed by atoms with Crippen molar-refractivity contribution in [2.24, 2.45) is 5.41 Å². The van der Waals surface area contributed by atoms with Crippen LogP contribution in [0.4, 0.5) is 5.69 Å². The number of benzene rings is 1. The molecular weight excluding hydrogens is 208 g/mol. The van der Waals surface area contributed by atoms with Crippen molar-refractivity contribution in [3.05, 3.63) is 30.3 Å². The van der Waals surface area contributed by atoms with E-state index in [9.17, 15) is 0 Å². The van der Waals surface area contributed by atoms with Gasteiger partial charge in [0.25, 0.3) is 0 Å². The molecule has 2 fully saturated rings. The van der Waals surface area contributed by atoms with E-state index < -0.39 is 0 Å². The first-order valence-electron chi connectivity index (χ1n) is 6.73. The molecule has 1 aromatic rings. The molecule has 2 unspecified atom stereocenters. The predicted octanol–water partition coefficient (Wildman–Crippen LogP) is 2.65. The Balaban J connectivity index is 1.93. The van der Waals surface area contributed by atoms with Crippen molar-refractivity contribution < 1.29 is 0 Å². The van der Waals surface area contributed by atoms with Crippen LogP contribution < -0.4 is 10.2 Å². The van der Waals surface area contributed by atoms with E-state index in [0.717, 1.165) is 6.54 Å². The van der Waals surface area contributed by atoms with Gasteiger partial charge in [-0.15, -0.1) is 0 Å². The summed E-state index contributed by atoms with van der Waals surface area (Å²) in [4.78, 5) is 2.62. The number of anilines is 1. The van der Waals surface area contributed by atoms with Gasteiger partial charge in [-0.2, -0.15) is 0 Å². The second kappa shape index (κ2) is 4.02. The Bertz CT molecular complexity index is 385. The highest BCUT2D eigenvalue weighted by Crippen LogP contribution is 2.39. The molecule has 92 valence electrons. The maximum Gasteiger partial charge on any atom is 0.0506 e. The summed E-state index contributed by atoms with van der Waals surface area (Å²) in [6, 6.07) is 12.2. The number of hydrogen-bond donors (Lipinski definition) is 1. The summed E-state index contributed by atoms with van der Waals surface area (Å²) in [6.45, 7) is 7.14. The monoisotopic (exact) mass is 230 g/mol. The molecule has 2 nitrogen and oxygen atoms in total. The lowest BCUT2D eigenvalue weighted by atomic mass is 9.80. The highest BCUT2D eigenvalue weighted by Gasteiger charge is 2.46. The van der Waals surface area contributed by atoms with Crippen molar-refractivity contribution in [1.29, 1.82) is 0 Å². The summed E-state index contributed by atoms with van der Waals surface area (Å²) >= 11 is 0. The quantitative estimate of drug-likeness (QED) is 0.798. The van der Waals surface area contributed by atoms with Crippen LogP contribution >= 0.6 is 0 Å². The third-order valence-electron chi connectivity index (χ3n) is 4.34. The smallest absolute Gasteiger partial charge is 0.0506 e. The van der Waals surface area contributed by atoms with E-state index in [-0.39, 0.29) is 0 Å². The molecule has 2 saturated heterocycles. The zero-order valence-electron chi connectivity index (χ0n) is 10.8. The van der Waals surface area contributed by atoms with Gasteiger partial charge in [0.15, 0.2) is 0 Å². The molecule has 2 heteroatoms. The molecule has 0 spiro atoms. The zero-order chi connectivity index (χ0) is 11.9. The summed E-state index contributed by atoms with van der Waals surface area (Å²) < 4.78 is 0.